The van der Waals surface area contributed by atoms with Gasteiger partial charge in [0.15, 0.2) is 0 Å². The van der Waals surface area contributed by atoms with Gasteiger partial charge in [0.25, 0.3) is 0 Å². The summed E-state index contributed by atoms with van der Waals surface area (Å²) in [5, 5.41) is 13.1. The SMILES string of the molecule is O=C(O)c1cc2cc(Nc3nccc(-c4cccc(F)n4)n3)cc(Cl)c2[nH]1. The Kier molecular flexibility index (Phi) is 4.17. The maximum absolute atomic E-state index is 13.3. The molecule has 0 saturated heterocycles. The van der Waals surface area contributed by atoms with Crippen LogP contribution in [-0.4, -0.2) is 31.0 Å². The molecular weight excluding hydrogens is 373 g/mol. The van der Waals surface area contributed by atoms with Gasteiger partial charge in [-0.15, -0.1) is 0 Å². The topological polar surface area (TPSA) is 104 Å². The first kappa shape index (κ1) is 16.9. The number of aromatic amines is 1. The molecule has 0 unspecified atom stereocenters. The van der Waals surface area contributed by atoms with Crippen LogP contribution in [0.1, 0.15) is 10.5 Å². The number of halogens is 2. The number of anilines is 2. The first-order chi connectivity index (χ1) is 13.0. The maximum atomic E-state index is 13.3. The molecule has 4 aromatic rings. The quantitative estimate of drug-likeness (QED) is 0.455. The van der Waals surface area contributed by atoms with E-state index in [2.05, 4.69) is 25.3 Å². The maximum Gasteiger partial charge on any atom is 0.352 e. The minimum Gasteiger partial charge on any atom is -0.477 e. The van der Waals surface area contributed by atoms with E-state index < -0.39 is 11.9 Å². The highest BCUT2D eigenvalue weighted by Crippen LogP contribution is 2.29. The van der Waals surface area contributed by atoms with Crippen LogP contribution in [-0.2, 0) is 0 Å². The van der Waals surface area contributed by atoms with E-state index in [4.69, 9.17) is 16.7 Å². The molecule has 3 N–H and O–H groups in total. The summed E-state index contributed by atoms with van der Waals surface area (Å²) in [6.45, 7) is 0. The first-order valence-corrected chi connectivity index (χ1v) is 8.16. The van der Waals surface area contributed by atoms with Gasteiger partial charge >= 0.3 is 5.97 Å². The molecule has 3 heterocycles. The first-order valence-electron chi connectivity index (χ1n) is 7.78. The Morgan fingerprint density at radius 1 is 1.15 bits per heavy atom. The molecule has 0 bridgehead atoms. The molecule has 3 aromatic heterocycles. The summed E-state index contributed by atoms with van der Waals surface area (Å²) in [4.78, 5) is 26.1. The smallest absolute Gasteiger partial charge is 0.352 e. The highest BCUT2D eigenvalue weighted by Gasteiger charge is 2.12. The van der Waals surface area contributed by atoms with Crippen LogP contribution in [0.15, 0.2) is 48.7 Å². The zero-order valence-corrected chi connectivity index (χ0v) is 14.3. The number of hydrogen-bond donors (Lipinski definition) is 3. The lowest BCUT2D eigenvalue weighted by Gasteiger charge is -2.07. The molecule has 7 nitrogen and oxygen atoms in total. The molecule has 0 saturated carbocycles. The van der Waals surface area contributed by atoms with Crippen LogP contribution in [0, 0.1) is 5.95 Å². The number of rotatable bonds is 4. The lowest BCUT2D eigenvalue weighted by atomic mass is 10.2. The molecule has 1 aromatic carbocycles. The standard InChI is InChI=1S/C18H11ClFN5O2/c19-11-8-10(6-9-7-14(17(26)27)24-16(9)11)22-18-21-5-4-13(25-18)12-2-1-3-15(20)23-12/h1-8,24H,(H,26,27)(H,21,22,25). The van der Waals surface area contributed by atoms with Gasteiger partial charge in [0.1, 0.15) is 5.69 Å². The molecule has 9 heteroatoms. The van der Waals surface area contributed by atoms with Gasteiger partial charge < -0.3 is 15.4 Å². The van der Waals surface area contributed by atoms with E-state index in [1.807, 2.05) is 0 Å². The average Bonchev–Trinajstić information content (AvgIpc) is 3.07. The minimum atomic E-state index is -1.07. The van der Waals surface area contributed by atoms with Gasteiger partial charge in [0.2, 0.25) is 11.9 Å². The predicted molar refractivity (Wildman–Crippen MR) is 98.8 cm³/mol. The van der Waals surface area contributed by atoms with Crippen molar-refractivity contribution in [3.05, 3.63) is 65.3 Å². The molecule has 27 heavy (non-hydrogen) atoms. The number of pyridine rings is 1. The summed E-state index contributed by atoms with van der Waals surface area (Å²) >= 11 is 6.23. The number of carboxylic acid groups (broad SMARTS) is 1. The number of aromatic carboxylic acids is 1. The second-order valence-electron chi connectivity index (χ2n) is 5.65. The Bertz CT molecular complexity index is 1180. The van der Waals surface area contributed by atoms with Crippen molar-refractivity contribution in [3.8, 4) is 11.4 Å². The van der Waals surface area contributed by atoms with Crippen LogP contribution in [0.3, 0.4) is 0 Å². The third kappa shape index (κ3) is 3.42. The fraction of sp³-hybridized carbons (Fsp3) is 0. The molecule has 0 aliphatic carbocycles. The van der Waals surface area contributed by atoms with Gasteiger partial charge in [0, 0.05) is 17.3 Å². The third-order valence-corrected chi connectivity index (χ3v) is 4.10. The number of aromatic nitrogens is 4. The molecule has 4 rings (SSSR count). The summed E-state index contributed by atoms with van der Waals surface area (Å²) in [7, 11) is 0. The molecule has 0 amide bonds. The Labute approximate surface area is 156 Å². The van der Waals surface area contributed by atoms with E-state index in [1.165, 1.54) is 18.3 Å². The zero-order valence-electron chi connectivity index (χ0n) is 13.6. The van der Waals surface area contributed by atoms with E-state index in [-0.39, 0.29) is 11.6 Å². The Morgan fingerprint density at radius 2 is 1.96 bits per heavy atom. The largest absolute Gasteiger partial charge is 0.477 e. The number of nitrogens with one attached hydrogen (secondary N) is 2. The molecule has 0 radical (unpaired) electrons. The molecular formula is C18H11ClFN5O2. The summed E-state index contributed by atoms with van der Waals surface area (Å²) in [6.07, 6.45) is 1.52. The fourth-order valence-electron chi connectivity index (χ4n) is 2.63. The fourth-order valence-corrected chi connectivity index (χ4v) is 2.90. The number of benzene rings is 1. The van der Waals surface area contributed by atoms with Crippen molar-refractivity contribution < 1.29 is 14.3 Å². The average molecular weight is 384 g/mol. The Balaban J connectivity index is 1.68. The van der Waals surface area contributed by atoms with E-state index in [0.717, 1.165) is 0 Å². The van der Waals surface area contributed by atoms with Crippen LogP contribution >= 0.6 is 11.6 Å². The van der Waals surface area contributed by atoms with Crippen molar-refractivity contribution >= 4 is 40.1 Å². The van der Waals surface area contributed by atoms with Crippen LogP contribution in [0.5, 0.6) is 0 Å². The summed E-state index contributed by atoms with van der Waals surface area (Å²) in [5.74, 6) is -1.40. The third-order valence-electron chi connectivity index (χ3n) is 3.80. The van der Waals surface area contributed by atoms with E-state index in [0.29, 0.717) is 33.0 Å². The van der Waals surface area contributed by atoms with Crippen LogP contribution in [0.4, 0.5) is 16.0 Å². The highest BCUT2D eigenvalue weighted by molar-refractivity contribution is 6.35. The lowest BCUT2D eigenvalue weighted by molar-refractivity contribution is 0.0691. The molecule has 0 aliphatic heterocycles. The van der Waals surface area contributed by atoms with Gasteiger partial charge in [0.05, 0.1) is 21.9 Å². The Morgan fingerprint density at radius 3 is 2.74 bits per heavy atom. The molecule has 0 atom stereocenters. The van der Waals surface area contributed by atoms with E-state index in [9.17, 15) is 9.18 Å². The summed E-state index contributed by atoms with van der Waals surface area (Å²) in [5.41, 5.74) is 1.98. The number of carbonyl (C=O) groups is 1. The second-order valence-corrected chi connectivity index (χ2v) is 6.05. The van der Waals surface area contributed by atoms with Crippen molar-refractivity contribution in [2.75, 3.05) is 5.32 Å². The molecule has 134 valence electrons. The number of H-pyrrole nitrogens is 1. The summed E-state index contributed by atoms with van der Waals surface area (Å²) in [6, 6.07) is 10.9. The van der Waals surface area contributed by atoms with Crippen molar-refractivity contribution in [1.82, 2.24) is 19.9 Å². The number of fused-ring (bicyclic) bond motifs is 1. The van der Waals surface area contributed by atoms with Crippen molar-refractivity contribution in [2.24, 2.45) is 0 Å². The molecule has 0 aliphatic rings. The molecule has 0 fully saturated rings. The van der Waals surface area contributed by atoms with Gasteiger partial charge in [-0.25, -0.2) is 19.7 Å². The molecule has 0 spiro atoms. The van der Waals surface area contributed by atoms with Gasteiger partial charge in [-0.3, -0.25) is 0 Å². The van der Waals surface area contributed by atoms with Gasteiger partial charge in [-0.2, -0.15) is 4.39 Å². The number of carboxylic acids is 1. The zero-order chi connectivity index (χ0) is 19.0. The highest BCUT2D eigenvalue weighted by atomic mass is 35.5. The van der Waals surface area contributed by atoms with Crippen molar-refractivity contribution in [2.45, 2.75) is 0 Å². The van der Waals surface area contributed by atoms with Crippen LogP contribution in [0.25, 0.3) is 22.3 Å². The number of hydrogen-bond acceptors (Lipinski definition) is 5. The Hall–Kier alpha value is -3.52. The van der Waals surface area contributed by atoms with Gasteiger partial charge in [-0.05, 0) is 36.4 Å². The van der Waals surface area contributed by atoms with E-state index in [1.54, 1.807) is 30.3 Å². The predicted octanol–water partition coefficient (Wildman–Crippen LogP) is 4.25. The monoisotopic (exact) mass is 383 g/mol. The lowest BCUT2D eigenvalue weighted by Crippen LogP contribution is -1.99. The van der Waals surface area contributed by atoms with Crippen LogP contribution in [0.2, 0.25) is 5.02 Å². The van der Waals surface area contributed by atoms with E-state index >= 15 is 0 Å². The van der Waals surface area contributed by atoms with Gasteiger partial charge in [-0.1, -0.05) is 17.7 Å². The van der Waals surface area contributed by atoms with Crippen molar-refractivity contribution in [1.29, 1.82) is 0 Å². The summed E-state index contributed by atoms with van der Waals surface area (Å²) < 4.78 is 13.3. The minimum absolute atomic E-state index is 0.0412. The van der Waals surface area contributed by atoms with Crippen molar-refractivity contribution in [3.63, 3.8) is 0 Å². The normalized spacial score (nSPS) is 10.9. The van der Waals surface area contributed by atoms with Crippen LogP contribution < -0.4 is 5.32 Å². The number of nitrogens with zero attached hydrogens (tertiary/aromatic N) is 3. The second kappa shape index (κ2) is 6.65.